The van der Waals surface area contributed by atoms with Crippen LogP contribution in [-0.2, 0) is 12.0 Å². The fourth-order valence-electron chi connectivity index (χ4n) is 5.87. The van der Waals surface area contributed by atoms with Crippen LogP contribution in [0, 0.1) is 0 Å². The van der Waals surface area contributed by atoms with Crippen molar-refractivity contribution in [2.75, 3.05) is 4.90 Å². The number of nitrogens with zero attached hydrogens (tertiary/aromatic N) is 1. The number of hydrogen-bond donors (Lipinski definition) is 0. The molecule has 1 spiro atoms. The van der Waals surface area contributed by atoms with E-state index in [4.69, 9.17) is 4.74 Å². The van der Waals surface area contributed by atoms with Gasteiger partial charge in [0, 0.05) is 33.5 Å². The second-order valence-electron chi connectivity index (χ2n) is 9.06. The second kappa shape index (κ2) is 7.86. The van der Waals surface area contributed by atoms with E-state index in [1.54, 1.807) is 0 Å². The molecule has 0 N–H and O–H groups in total. The third-order valence-electron chi connectivity index (χ3n) is 7.29. The number of rotatable bonds is 2. The number of benzene rings is 5. The van der Waals surface area contributed by atoms with Crippen LogP contribution in [0.1, 0.15) is 27.8 Å². The molecule has 0 unspecified atom stereocenters. The minimum atomic E-state index is -0.469. The average molecular weight is 516 g/mol. The molecule has 0 bridgehead atoms. The molecule has 0 amide bonds. The molecule has 3 heteroatoms. The highest BCUT2D eigenvalue weighted by molar-refractivity contribution is 9.10. The predicted octanol–water partition coefficient (Wildman–Crippen LogP) is 8.59. The number of hydrogen-bond acceptors (Lipinski definition) is 2. The first-order valence-corrected chi connectivity index (χ1v) is 12.6. The highest BCUT2D eigenvalue weighted by Crippen LogP contribution is 2.61. The van der Waals surface area contributed by atoms with Crippen molar-refractivity contribution >= 4 is 27.3 Å². The number of halogens is 1. The summed E-state index contributed by atoms with van der Waals surface area (Å²) in [7, 11) is 0. The summed E-state index contributed by atoms with van der Waals surface area (Å²) in [5, 5.41) is 0. The van der Waals surface area contributed by atoms with Gasteiger partial charge in [0.15, 0.2) is 0 Å². The van der Waals surface area contributed by atoms with Gasteiger partial charge in [0.25, 0.3) is 0 Å². The van der Waals surface area contributed by atoms with Crippen molar-refractivity contribution in [2.24, 2.45) is 0 Å². The third-order valence-corrected chi connectivity index (χ3v) is 8.06. The molecule has 2 aliphatic heterocycles. The van der Waals surface area contributed by atoms with E-state index in [1.807, 2.05) is 0 Å². The minimum absolute atomic E-state index is 0.469. The first-order chi connectivity index (χ1) is 17.3. The van der Waals surface area contributed by atoms with Crippen LogP contribution in [0.5, 0.6) is 11.5 Å². The average Bonchev–Trinajstić information content (AvgIpc) is 2.91. The summed E-state index contributed by atoms with van der Waals surface area (Å²) in [4.78, 5) is 2.46. The van der Waals surface area contributed by atoms with Gasteiger partial charge in [0.1, 0.15) is 11.5 Å². The Kier molecular flexibility index (Phi) is 4.61. The Morgan fingerprint density at radius 1 is 0.543 bits per heavy atom. The molecule has 2 heterocycles. The fraction of sp³-hybridized carbons (Fsp3) is 0.0625. The van der Waals surface area contributed by atoms with Crippen molar-refractivity contribution in [1.29, 1.82) is 0 Å². The van der Waals surface area contributed by atoms with Crippen LogP contribution in [0.15, 0.2) is 126 Å². The van der Waals surface area contributed by atoms with Crippen LogP contribution in [0.25, 0.3) is 0 Å². The first-order valence-electron chi connectivity index (χ1n) is 11.9. The van der Waals surface area contributed by atoms with E-state index in [2.05, 4.69) is 142 Å². The molecule has 0 radical (unpaired) electrons. The Hall–Kier alpha value is -3.82. The van der Waals surface area contributed by atoms with Gasteiger partial charge in [-0.2, -0.15) is 0 Å². The third kappa shape index (κ3) is 2.88. The predicted molar refractivity (Wildman–Crippen MR) is 145 cm³/mol. The van der Waals surface area contributed by atoms with Crippen molar-refractivity contribution in [3.63, 3.8) is 0 Å². The second-order valence-corrected chi connectivity index (χ2v) is 9.91. The Morgan fingerprint density at radius 3 is 1.57 bits per heavy atom. The van der Waals surface area contributed by atoms with Gasteiger partial charge in [-0.1, -0.05) is 107 Å². The lowest BCUT2D eigenvalue weighted by Gasteiger charge is -2.48. The molecule has 5 aromatic rings. The molecule has 0 aromatic heterocycles. The maximum atomic E-state index is 6.45. The topological polar surface area (TPSA) is 12.5 Å². The van der Waals surface area contributed by atoms with Crippen molar-refractivity contribution in [2.45, 2.75) is 12.0 Å². The summed E-state index contributed by atoms with van der Waals surface area (Å²) in [5.74, 6) is 1.82. The van der Waals surface area contributed by atoms with Crippen molar-refractivity contribution in [3.8, 4) is 11.5 Å². The summed E-state index contributed by atoms with van der Waals surface area (Å²) >= 11 is 3.77. The van der Waals surface area contributed by atoms with E-state index in [0.717, 1.165) is 22.5 Å². The molecule has 35 heavy (non-hydrogen) atoms. The minimum Gasteiger partial charge on any atom is -0.457 e. The summed E-state index contributed by atoms with van der Waals surface area (Å²) in [6, 6.07) is 43.2. The highest BCUT2D eigenvalue weighted by Gasteiger charge is 2.50. The van der Waals surface area contributed by atoms with Crippen LogP contribution in [0.3, 0.4) is 0 Å². The van der Waals surface area contributed by atoms with E-state index in [0.29, 0.717) is 0 Å². The van der Waals surface area contributed by atoms with E-state index in [9.17, 15) is 0 Å². The Bertz CT molecular complexity index is 1500. The van der Waals surface area contributed by atoms with Crippen molar-refractivity contribution in [1.82, 2.24) is 0 Å². The van der Waals surface area contributed by atoms with Gasteiger partial charge in [-0.05, 0) is 47.0 Å². The van der Waals surface area contributed by atoms with E-state index < -0.39 is 5.41 Å². The van der Waals surface area contributed by atoms with Gasteiger partial charge in [-0.3, -0.25) is 0 Å². The van der Waals surface area contributed by atoms with Crippen LogP contribution in [-0.4, -0.2) is 0 Å². The summed E-state index contributed by atoms with van der Waals surface area (Å²) in [6.07, 6.45) is 0. The lowest BCUT2D eigenvalue weighted by atomic mass is 9.61. The van der Waals surface area contributed by atoms with Crippen molar-refractivity contribution < 1.29 is 4.74 Å². The van der Waals surface area contributed by atoms with Gasteiger partial charge in [0.2, 0.25) is 0 Å². The van der Waals surface area contributed by atoms with Gasteiger partial charge in [-0.25, -0.2) is 0 Å². The lowest BCUT2D eigenvalue weighted by molar-refractivity contribution is 0.433. The number of anilines is 2. The van der Waals surface area contributed by atoms with E-state index in [-0.39, 0.29) is 0 Å². The molecule has 168 valence electrons. The molecule has 0 saturated heterocycles. The molecule has 0 fully saturated rings. The molecule has 0 aliphatic carbocycles. The summed E-state index contributed by atoms with van der Waals surface area (Å²) in [6.45, 7) is 0.769. The van der Waals surface area contributed by atoms with E-state index >= 15 is 0 Å². The SMILES string of the molecule is Brc1ccccc1CN1c2ccccc2C2(c3ccccc3Oc3ccccc32)c2ccccc21. The summed E-state index contributed by atoms with van der Waals surface area (Å²) in [5.41, 5.74) is 8.12. The van der Waals surface area contributed by atoms with Crippen LogP contribution in [0.2, 0.25) is 0 Å². The Morgan fingerprint density at radius 2 is 1.00 bits per heavy atom. The van der Waals surface area contributed by atoms with Crippen LogP contribution in [0.4, 0.5) is 11.4 Å². The molecular formula is C32H22BrNO. The molecule has 2 nitrogen and oxygen atoms in total. The Labute approximate surface area is 213 Å². The van der Waals surface area contributed by atoms with E-state index in [1.165, 1.54) is 39.2 Å². The zero-order valence-electron chi connectivity index (χ0n) is 19.0. The van der Waals surface area contributed by atoms with Gasteiger partial charge >= 0.3 is 0 Å². The maximum absolute atomic E-state index is 6.45. The van der Waals surface area contributed by atoms with Gasteiger partial charge in [0.05, 0.1) is 5.41 Å². The number of fused-ring (bicyclic) bond motifs is 8. The summed E-state index contributed by atoms with van der Waals surface area (Å²) < 4.78 is 7.58. The normalized spacial score (nSPS) is 14.4. The molecule has 0 saturated carbocycles. The molecule has 7 rings (SSSR count). The standard InChI is InChI=1S/C32H22BrNO/c33-27-16-6-1-11-22(27)21-34-28-17-7-2-12-23(28)32(24-13-3-8-18-29(24)34)25-14-4-9-19-30(25)35-31-20-10-5-15-26(31)32/h1-20H,21H2. The number of ether oxygens (including phenoxy) is 1. The van der Waals surface area contributed by atoms with Crippen molar-refractivity contribution in [3.05, 3.63) is 154 Å². The monoisotopic (exact) mass is 515 g/mol. The zero-order valence-corrected chi connectivity index (χ0v) is 20.6. The Balaban J connectivity index is 1.58. The highest BCUT2D eigenvalue weighted by atomic mass is 79.9. The smallest absolute Gasteiger partial charge is 0.132 e. The van der Waals surface area contributed by atoms with Crippen LogP contribution < -0.4 is 9.64 Å². The zero-order chi connectivity index (χ0) is 23.4. The molecule has 0 atom stereocenters. The van der Waals surface area contributed by atoms with Gasteiger partial charge < -0.3 is 9.64 Å². The molecule has 2 aliphatic rings. The number of para-hydroxylation sites is 4. The maximum Gasteiger partial charge on any atom is 0.132 e. The molecular weight excluding hydrogens is 494 g/mol. The van der Waals surface area contributed by atoms with Crippen LogP contribution >= 0.6 is 15.9 Å². The molecule has 5 aromatic carbocycles. The quantitative estimate of drug-likeness (QED) is 0.229. The fourth-order valence-corrected chi connectivity index (χ4v) is 6.28. The largest absolute Gasteiger partial charge is 0.457 e. The van der Waals surface area contributed by atoms with Gasteiger partial charge in [-0.15, -0.1) is 0 Å². The first kappa shape index (κ1) is 20.5. The lowest BCUT2D eigenvalue weighted by Crippen LogP contribution is -2.40.